The van der Waals surface area contributed by atoms with Crippen LogP contribution in [-0.4, -0.2) is 27.0 Å². The highest BCUT2D eigenvalue weighted by Gasteiger charge is 2.13. The molecule has 0 radical (unpaired) electrons. The van der Waals surface area contributed by atoms with Crippen molar-refractivity contribution in [2.24, 2.45) is 5.10 Å². The molecule has 0 unspecified atom stereocenters. The zero-order valence-electron chi connectivity index (χ0n) is 16.9. The van der Waals surface area contributed by atoms with Gasteiger partial charge in [-0.15, -0.1) is 0 Å². The van der Waals surface area contributed by atoms with E-state index < -0.39 is 5.97 Å². The molecule has 2 heterocycles. The van der Waals surface area contributed by atoms with E-state index in [1.54, 1.807) is 30.3 Å². The van der Waals surface area contributed by atoms with Gasteiger partial charge in [-0.25, -0.2) is 9.78 Å². The van der Waals surface area contributed by atoms with Gasteiger partial charge in [0.05, 0.1) is 27.7 Å². The number of carboxylic acid groups (broad SMARTS) is 1. The fourth-order valence-corrected chi connectivity index (χ4v) is 3.79. The van der Waals surface area contributed by atoms with Crippen LogP contribution in [0.3, 0.4) is 0 Å². The number of furan rings is 1. The average Bonchev–Trinajstić information content (AvgIpc) is 3.23. The third-order valence-electron chi connectivity index (χ3n) is 4.76. The maximum absolute atomic E-state index is 13.0. The number of fused-ring (bicyclic) bond motifs is 1. The van der Waals surface area contributed by atoms with Gasteiger partial charge in [-0.2, -0.15) is 9.78 Å². The summed E-state index contributed by atoms with van der Waals surface area (Å²) in [6.07, 6.45) is 2.83. The number of rotatable bonds is 6. The van der Waals surface area contributed by atoms with Crippen molar-refractivity contribution in [2.75, 3.05) is 0 Å². The predicted octanol–water partition coefficient (Wildman–Crippen LogP) is 5.61. The van der Waals surface area contributed by atoms with Crippen LogP contribution >= 0.6 is 27.5 Å². The van der Waals surface area contributed by atoms with E-state index in [1.807, 2.05) is 13.0 Å². The Hall–Kier alpha value is -3.23. The Balaban J connectivity index is 1.71. The van der Waals surface area contributed by atoms with Crippen molar-refractivity contribution >= 4 is 50.6 Å². The number of aromatic nitrogens is 2. The number of hydrogen-bond donors (Lipinski definition) is 1. The van der Waals surface area contributed by atoms with Crippen LogP contribution in [0, 0.1) is 0 Å². The summed E-state index contributed by atoms with van der Waals surface area (Å²) >= 11 is 9.32. The maximum atomic E-state index is 13.0. The van der Waals surface area contributed by atoms with Gasteiger partial charge in [0.1, 0.15) is 17.3 Å². The zero-order valence-corrected chi connectivity index (χ0v) is 19.2. The van der Waals surface area contributed by atoms with Crippen molar-refractivity contribution in [3.63, 3.8) is 0 Å². The van der Waals surface area contributed by atoms with Gasteiger partial charge in [-0.3, -0.25) is 4.79 Å². The normalized spacial score (nSPS) is 11.5. The molecule has 0 spiro atoms. The lowest BCUT2D eigenvalue weighted by molar-refractivity contribution is 0.0697. The third kappa shape index (κ3) is 4.37. The highest BCUT2D eigenvalue weighted by Crippen LogP contribution is 2.26. The monoisotopic (exact) mass is 513 g/mol. The van der Waals surface area contributed by atoms with E-state index in [0.717, 1.165) is 10.9 Å². The smallest absolute Gasteiger partial charge is 0.337 e. The van der Waals surface area contributed by atoms with Crippen LogP contribution in [0.5, 0.6) is 0 Å². The minimum atomic E-state index is -1.12. The molecule has 0 fully saturated rings. The Labute approximate surface area is 196 Å². The van der Waals surface area contributed by atoms with Crippen LogP contribution in [0.4, 0.5) is 0 Å². The van der Waals surface area contributed by atoms with Gasteiger partial charge >= 0.3 is 5.97 Å². The van der Waals surface area contributed by atoms with E-state index >= 15 is 0 Å². The molecule has 0 saturated carbocycles. The van der Waals surface area contributed by atoms with Gasteiger partial charge in [0.2, 0.25) is 0 Å². The molecule has 7 nitrogen and oxygen atoms in total. The lowest BCUT2D eigenvalue weighted by Crippen LogP contribution is -2.22. The second-order valence-electron chi connectivity index (χ2n) is 7.00. The summed E-state index contributed by atoms with van der Waals surface area (Å²) in [6, 6.07) is 13.4. The van der Waals surface area contributed by atoms with Crippen molar-refractivity contribution in [1.29, 1.82) is 0 Å². The van der Waals surface area contributed by atoms with Crippen molar-refractivity contribution in [3.05, 3.63) is 85.5 Å². The molecule has 0 saturated heterocycles. The number of carboxylic acids is 1. The van der Waals surface area contributed by atoms with Gasteiger partial charge in [0.25, 0.3) is 5.56 Å². The van der Waals surface area contributed by atoms with E-state index in [4.69, 9.17) is 16.0 Å². The molecule has 0 amide bonds. The fourth-order valence-electron chi connectivity index (χ4n) is 3.23. The zero-order chi connectivity index (χ0) is 22.8. The standard InChI is InChI=1S/C23H17BrClN3O4/c1-2-3-21-27-19-8-5-14(24)11-17(19)22(29)28(21)26-12-15-6-9-20(32-15)13-4-7-18(25)16(10-13)23(30)31/h4-12H,2-3H2,1H3,(H,30,31). The van der Waals surface area contributed by atoms with E-state index in [9.17, 15) is 14.7 Å². The van der Waals surface area contributed by atoms with Crippen LogP contribution in [0.2, 0.25) is 5.02 Å². The molecular weight excluding hydrogens is 498 g/mol. The molecule has 0 aliphatic heterocycles. The summed E-state index contributed by atoms with van der Waals surface area (Å²) < 4.78 is 7.85. The number of halogens is 2. The lowest BCUT2D eigenvalue weighted by Gasteiger charge is -2.08. The Kier molecular flexibility index (Phi) is 6.25. The largest absolute Gasteiger partial charge is 0.478 e. The minimum absolute atomic E-state index is 0.0139. The number of aromatic carboxylic acids is 1. The Morgan fingerprint density at radius 2 is 2.06 bits per heavy atom. The SMILES string of the molecule is CCCc1nc2ccc(Br)cc2c(=O)n1N=Cc1ccc(-c2ccc(Cl)c(C(=O)O)c2)o1. The molecule has 0 aliphatic carbocycles. The number of benzene rings is 2. The summed E-state index contributed by atoms with van der Waals surface area (Å²) in [5.74, 6) is 0.283. The second-order valence-corrected chi connectivity index (χ2v) is 8.33. The van der Waals surface area contributed by atoms with Crippen LogP contribution < -0.4 is 5.56 Å². The molecule has 1 N–H and O–H groups in total. The van der Waals surface area contributed by atoms with Gasteiger partial charge in [0.15, 0.2) is 0 Å². The molecule has 0 aliphatic rings. The molecule has 0 atom stereocenters. The molecular formula is C23H17BrClN3O4. The maximum Gasteiger partial charge on any atom is 0.337 e. The minimum Gasteiger partial charge on any atom is -0.478 e. The van der Waals surface area contributed by atoms with E-state index in [2.05, 4.69) is 26.0 Å². The summed E-state index contributed by atoms with van der Waals surface area (Å²) in [7, 11) is 0. The fraction of sp³-hybridized carbons (Fsp3) is 0.130. The van der Waals surface area contributed by atoms with Crippen LogP contribution in [0.25, 0.3) is 22.2 Å². The van der Waals surface area contributed by atoms with Crippen LogP contribution in [0.15, 0.2) is 67.3 Å². The van der Waals surface area contributed by atoms with Crippen molar-refractivity contribution in [1.82, 2.24) is 9.66 Å². The predicted molar refractivity (Wildman–Crippen MR) is 127 cm³/mol. The van der Waals surface area contributed by atoms with Gasteiger partial charge < -0.3 is 9.52 Å². The first-order valence-electron chi connectivity index (χ1n) is 9.76. The lowest BCUT2D eigenvalue weighted by atomic mass is 10.1. The second kappa shape index (κ2) is 9.10. The van der Waals surface area contributed by atoms with E-state index in [1.165, 1.54) is 23.0 Å². The number of nitrogens with zero attached hydrogens (tertiary/aromatic N) is 3. The van der Waals surface area contributed by atoms with Crippen molar-refractivity contribution in [3.8, 4) is 11.3 Å². The molecule has 0 bridgehead atoms. The summed E-state index contributed by atoms with van der Waals surface area (Å²) in [6.45, 7) is 2.00. The number of aryl methyl sites for hydroxylation is 1. The van der Waals surface area contributed by atoms with E-state index in [-0.39, 0.29) is 16.1 Å². The molecule has 162 valence electrons. The van der Waals surface area contributed by atoms with Gasteiger partial charge in [0, 0.05) is 16.5 Å². The van der Waals surface area contributed by atoms with Crippen molar-refractivity contribution < 1.29 is 14.3 Å². The first-order chi connectivity index (χ1) is 15.4. The molecule has 4 aromatic rings. The molecule has 4 rings (SSSR count). The summed E-state index contributed by atoms with van der Waals surface area (Å²) in [5.41, 5.74) is 0.893. The number of hydrogen-bond acceptors (Lipinski definition) is 5. The topological polar surface area (TPSA) is 97.7 Å². The van der Waals surface area contributed by atoms with Gasteiger partial charge in [-0.05, 0) is 55.0 Å². The highest BCUT2D eigenvalue weighted by molar-refractivity contribution is 9.10. The average molecular weight is 515 g/mol. The summed E-state index contributed by atoms with van der Waals surface area (Å²) in [4.78, 5) is 29.0. The Morgan fingerprint density at radius 3 is 2.81 bits per heavy atom. The molecule has 9 heteroatoms. The van der Waals surface area contributed by atoms with Gasteiger partial charge in [-0.1, -0.05) is 34.5 Å². The summed E-state index contributed by atoms with van der Waals surface area (Å²) in [5, 5.41) is 14.2. The highest BCUT2D eigenvalue weighted by atomic mass is 79.9. The molecule has 32 heavy (non-hydrogen) atoms. The first-order valence-corrected chi connectivity index (χ1v) is 10.9. The Bertz CT molecular complexity index is 1420. The number of carbonyl (C=O) groups is 1. The molecule has 2 aromatic heterocycles. The molecule has 2 aromatic carbocycles. The van der Waals surface area contributed by atoms with E-state index in [0.29, 0.717) is 40.2 Å². The first kappa shape index (κ1) is 22.0. The van der Waals surface area contributed by atoms with Crippen LogP contribution in [-0.2, 0) is 6.42 Å². The van der Waals surface area contributed by atoms with Crippen molar-refractivity contribution in [2.45, 2.75) is 19.8 Å². The van der Waals surface area contributed by atoms with Crippen LogP contribution in [0.1, 0.15) is 35.3 Å². The Morgan fingerprint density at radius 1 is 1.25 bits per heavy atom. The quantitative estimate of drug-likeness (QED) is 0.338. The third-order valence-corrected chi connectivity index (χ3v) is 5.58.